The molecule has 1 nitrogen and oxygen atoms in total. The van der Waals surface area contributed by atoms with Crippen LogP contribution in [0.4, 0.5) is 0 Å². The molecule has 1 heterocycles. The Morgan fingerprint density at radius 1 is 0.551 bits per heavy atom. The molecule has 5 aromatic carbocycles. The average Bonchev–Trinajstić information content (AvgIpc) is 4.04. The Balaban J connectivity index is 0.00000174. The van der Waals surface area contributed by atoms with Crippen molar-refractivity contribution in [2.45, 2.75) is 46.0 Å². The molecular weight excluding hydrogens is 733 g/mol. The third kappa shape index (κ3) is 5.34. The molecule has 0 spiro atoms. The summed E-state index contributed by atoms with van der Waals surface area (Å²) >= 11 is -2.22. The van der Waals surface area contributed by atoms with E-state index in [-0.39, 0.29) is 24.8 Å². The van der Waals surface area contributed by atoms with Crippen LogP contribution in [0.1, 0.15) is 55.2 Å². The zero-order valence-electron chi connectivity index (χ0n) is 28.0. The second kappa shape index (κ2) is 13.0. The van der Waals surface area contributed by atoms with Gasteiger partial charge >= 0.3 is 288 Å². The van der Waals surface area contributed by atoms with Crippen LogP contribution < -0.4 is 24.8 Å². The summed E-state index contributed by atoms with van der Waals surface area (Å²) < 4.78 is 3.95. The van der Waals surface area contributed by atoms with Crippen molar-refractivity contribution in [3.63, 3.8) is 0 Å². The molecule has 0 amide bonds. The van der Waals surface area contributed by atoms with E-state index in [2.05, 4.69) is 145 Å². The summed E-state index contributed by atoms with van der Waals surface area (Å²) in [4.78, 5) is 0. The fourth-order valence-electron chi connectivity index (χ4n) is 9.06. The molecule has 6 aromatic rings. The Kier molecular flexibility index (Phi) is 8.81. The number of benzene rings is 5. The Hall–Kier alpha value is -2.94. The van der Waals surface area contributed by atoms with Crippen LogP contribution >= 0.6 is 0 Å². The molecule has 0 bridgehead atoms. The zero-order chi connectivity index (χ0) is 31.2. The van der Waals surface area contributed by atoms with Crippen molar-refractivity contribution in [1.82, 2.24) is 4.57 Å². The SMILES string of the molecule is C[Si](C)=[Zr+2]([CH]1C(C2CC2)=Cc2c(-c3ccccc3)cccc21)[CH]1C(C2CC2)=Cc2c1cccc2-n1c2ccccc2c2ccccc21.[Cl-].[Cl-]. The molecule has 2 atom stereocenters. The smallest absolute Gasteiger partial charge is 1.00 e. The van der Waals surface area contributed by atoms with Gasteiger partial charge in [-0.3, -0.25) is 0 Å². The minimum Gasteiger partial charge on any atom is -1.00 e. The maximum atomic E-state index is 2.72. The minimum absolute atomic E-state index is 0. The van der Waals surface area contributed by atoms with E-state index in [0.717, 1.165) is 11.8 Å². The van der Waals surface area contributed by atoms with Gasteiger partial charge in [-0.2, -0.15) is 0 Å². The van der Waals surface area contributed by atoms with Gasteiger partial charge < -0.3 is 24.8 Å². The third-order valence-electron chi connectivity index (χ3n) is 11.4. The van der Waals surface area contributed by atoms with Crippen LogP contribution in [0.25, 0.3) is 50.8 Å². The van der Waals surface area contributed by atoms with Gasteiger partial charge in [-0.15, -0.1) is 0 Å². The summed E-state index contributed by atoms with van der Waals surface area (Å²) in [6, 6.07) is 43.8. The molecule has 242 valence electrons. The molecule has 10 rings (SSSR count). The summed E-state index contributed by atoms with van der Waals surface area (Å²) in [5.41, 5.74) is 16.3. The van der Waals surface area contributed by atoms with Gasteiger partial charge in [0.1, 0.15) is 0 Å². The predicted molar refractivity (Wildman–Crippen MR) is 197 cm³/mol. The second-order valence-corrected chi connectivity index (χ2v) is 32.3. The number of hydrogen-bond donors (Lipinski definition) is 0. The van der Waals surface area contributed by atoms with Crippen LogP contribution in [-0.4, -0.2) is 10.0 Å². The first-order chi connectivity index (χ1) is 23.2. The predicted octanol–water partition coefficient (Wildman–Crippen LogP) is 5.72. The number of hydrogen-bond acceptors (Lipinski definition) is 0. The van der Waals surface area contributed by atoms with Gasteiger partial charge in [-0.05, 0) is 0 Å². The minimum atomic E-state index is -2.22. The van der Waals surface area contributed by atoms with Crippen molar-refractivity contribution in [1.29, 1.82) is 0 Å². The maximum Gasteiger partial charge on any atom is -1.00 e. The van der Waals surface area contributed by atoms with E-state index < -0.39 is 25.8 Å². The van der Waals surface area contributed by atoms with Crippen molar-refractivity contribution in [3.8, 4) is 16.8 Å². The molecule has 4 aliphatic rings. The van der Waals surface area contributed by atoms with Crippen LogP contribution in [0.2, 0.25) is 13.1 Å². The number of aromatic nitrogens is 1. The van der Waals surface area contributed by atoms with Crippen molar-refractivity contribution in [2.24, 2.45) is 11.8 Å². The summed E-state index contributed by atoms with van der Waals surface area (Å²) in [6.45, 7) is 5.39. The number of allylic oxidation sites excluding steroid dienone is 2. The monoisotopic (exact) mass is 769 g/mol. The molecule has 5 heteroatoms. The number of fused-ring (bicyclic) bond motifs is 5. The van der Waals surface area contributed by atoms with Crippen molar-refractivity contribution < 1.29 is 45.2 Å². The van der Waals surface area contributed by atoms with E-state index >= 15 is 0 Å². The summed E-state index contributed by atoms with van der Waals surface area (Å²) in [5, 5.41) is 2.70. The van der Waals surface area contributed by atoms with Crippen LogP contribution in [0, 0.1) is 11.8 Å². The first-order valence-corrected chi connectivity index (χ1v) is 26.6. The first-order valence-electron chi connectivity index (χ1n) is 17.6. The number of rotatable bonds is 6. The van der Waals surface area contributed by atoms with Crippen molar-refractivity contribution in [2.75, 3.05) is 0 Å². The van der Waals surface area contributed by atoms with Gasteiger partial charge in [-0.1, -0.05) is 0 Å². The zero-order valence-corrected chi connectivity index (χ0v) is 32.9. The first kappa shape index (κ1) is 33.2. The van der Waals surface area contributed by atoms with Crippen LogP contribution in [0.15, 0.2) is 126 Å². The Bertz CT molecular complexity index is 2300. The molecule has 2 fully saturated rings. The van der Waals surface area contributed by atoms with Gasteiger partial charge in [0, 0.05) is 0 Å². The number of halogens is 2. The molecule has 0 aliphatic heterocycles. The quantitative estimate of drug-likeness (QED) is 0.191. The van der Waals surface area contributed by atoms with Crippen molar-refractivity contribution in [3.05, 3.63) is 149 Å². The van der Waals surface area contributed by atoms with Gasteiger partial charge in [0.05, 0.1) is 0 Å². The van der Waals surface area contributed by atoms with Gasteiger partial charge in [-0.25, -0.2) is 0 Å². The van der Waals surface area contributed by atoms with Gasteiger partial charge in [0.2, 0.25) is 0 Å². The van der Waals surface area contributed by atoms with Crippen LogP contribution in [0.5, 0.6) is 0 Å². The summed E-state index contributed by atoms with van der Waals surface area (Å²) in [7, 11) is 0. The summed E-state index contributed by atoms with van der Waals surface area (Å²) in [6.07, 6.45) is 10.9. The van der Waals surface area contributed by atoms with E-state index in [1.165, 1.54) is 69.9 Å². The number of para-hydroxylation sites is 2. The standard InChI is InChI=1S/C24H18N.C18H15.C2H6Si.2ClH.Zr/c1-3-9-22-19(7-1)20-8-2-4-10-23(20)25(22)24-11-5-6-17-14-18(15-21(17)24)16-12-13-16;1-2-5-14(6-3-1)17-8-4-7-15-11-16(12-18(15)17)13-9-10-13;1-3-2;;;/h1-11,14-16H,12-13H2;1-8,11-13H,9-10H2;1-2H3;2*1H;/q;;;;;+2/p-2. The Morgan fingerprint density at radius 3 is 1.63 bits per heavy atom. The van der Waals surface area contributed by atoms with Gasteiger partial charge in [0.15, 0.2) is 0 Å². The molecule has 0 saturated heterocycles. The van der Waals surface area contributed by atoms with E-state index in [1.54, 1.807) is 16.7 Å². The molecule has 1 aromatic heterocycles. The normalized spacial score (nSPS) is 18.9. The Morgan fingerprint density at radius 2 is 1.06 bits per heavy atom. The van der Waals surface area contributed by atoms with E-state index in [4.69, 9.17) is 0 Å². The van der Waals surface area contributed by atoms with Crippen LogP contribution in [0.3, 0.4) is 0 Å². The average molecular weight is 772 g/mol. The third-order valence-corrected chi connectivity index (χ3v) is 30.7. The van der Waals surface area contributed by atoms with Crippen molar-refractivity contribution >= 4 is 39.4 Å². The molecule has 2 saturated carbocycles. The molecule has 4 aliphatic carbocycles. The van der Waals surface area contributed by atoms with E-state index in [9.17, 15) is 0 Å². The fraction of sp³-hybridized carbons (Fsp3) is 0.227. The molecule has 0 radical (unpaired) electrons. The topological polar surface area (TPSA) is 4.93 Å². The van der Waals surface area contributed by atoms with E-state index in [0.29, 0.717) is 7.25 Å². The molecule has 0 N–H and O–H groups in total. The summed E-state index contributed by atoms with van der Waals surface area (Å²) in [5.74, 6) is 1.58. The Labute approximate surface area is 310 Å². The van der Waals surface area contributed by atoms with E-state index in [1.807, 2.05) is 11.1 Å². The second-order valence-electron chi connectivity index (χ2n) is 14.5. The molecule has 49 heavy (non-hydrogen) atoms. The maximum absolute atomic E-state index is 2.72. The largest absolute Gasteiger partial charge is 1.00 e. The number of nitrogens with zero attached hydrogens (tertiary/aromatic N) is 1. The fourth-order valence-corrected chi connectivity index (χ4v) is 29.6. The molecular formula is C44H39Cl2NSiZr. The molecule has 2 unspecified atom stereocenters. The van der Waals surface area contributed by atoms with Gasteiger partial charge in [0.25, 0.3) is 0 Å². The van der Waals surface area contributed by atoms with Crippen LogP contribution in [-0.2, 0) is 20.4 Å².